The van der Waals surface area contributed by atoms with Crippen LogP contribution in [0.3, 0.4) is 0 Å². The molecule has 2 aliphatic rings. The summed E-state index contributed by atoms with van der Waals surface area (Å²) in [6.07, 6.45) is 8.13. The molecule has 3 aromatic rings. The molecule has 0 saturated carbocycles. The van der Waals surface area contributed by atoms with E-state index >= 15 is 0 Å². The maximum absolute atomic E-state index is 13.3. The van der Waals surface area contributed by atoms with Gasteiger partial charge in [-0.3, -0.25) is 18.7 Å². The van der Waals surface area contributed by atoms with Crippen molar-refractivity contribution in [3.63, 3.8) is 0 Å². The van der Waals surface area contributed by atoms with Gasteiger partial charge in [-0.1, -0.05) is 25.0 Å². The zero-order chi connectivity index (χ0) is 22.1. The Labute approximate surface area is 186 Å². The van der Waals surface area contributed by atoms with Crippen LogP contribution in [0.15, 0.2) is 52.2 Å². The zero-order valence-corrected chi connectivity index (χ0v) is 18.3. The van der Waals surface area contributed by atoms with Gasteiger partial charge in [0, 0.05) is 19.2 Å². The lowest BCUT2D eigenvalue weighted by Crippen LogP contribution is -2.39. The third-order valence-corrected chi connectivity index (χ3v) is 7.07. The van der Waals surface area contributed by atoms with Crippen molar-refractivity contribution in [3.8, 4) is 0 Å². The molecule has 0 amide bonds. The number of piperidine rings is 1. The molecular formula is C25H29FN4O2. The second-order valence-corrected chi connectivity index (χ2v) is 9.23. The number of hydrogen-bond acceptors (Lipinski definition) is 4. The Bertz CT molecular complexity index is 1220. The van der Waals surface area contributed by atoms with Crippen LogP contribution in [0.2, 0.25) is 0 Å². The highest BCUT2D eigenvalue weighted by molar-refractivity contribution is 5.71. The zero-order valence-electron chi connectivity index (χ0n) is 18.3. The van der Waals surface area contributed by atoms with Crippen molar-refractivity contribution < 1.29 is 4.39 Å². The molecule has 2 aromatic heterocycles. The fourth-order valence-corrected chi connectivity index (χ4v) is 5.37. The van der Waals surface area contributed by atoms with E-state index in [2.05, 4.69) is 9.88 Å². The quantitative estimate of drug-likeness (QED) is 0.533. The van der Waals surface area contributed by atoms with Crippen LogP contribution in [-0.2, 0) is 13.0 Å². The standard InChI is InChI=1S/C25H29FN4O2/c26-20-7-3-6-19(14-20)5-2-1-4-18-10-12-28(13-11-18)16-21-17-29-23(31)9-8-22-25(29)30(21)24(32)15-27-22/h3,6-9,14-15,18,21H,1-2,4-5,10-13,16-17H2/t21-/m1/s1. The van der Waals surface area contributed by atoms with Crippen LogP contribution in [0.4, 0.5) is 4.39 Å². The highest BCUT2D eigenvalue weighted by Crippen LogP contribution is 2.27. The molecule has 4 heterocycles. The molecule has 6 nitrogen and oxygen atoms in total. The van der Waals surface area contributed by atoms with Crippen LogP contribution in [0.5, 0.6) is 0 Å². The van der Waals surface area contributed by atoms with Crippen molar-refractivity contribution in [3.05, 3.63) is 74.7 Å². The van der Waals surface area contributed by atoms with Crippen LogP contribution < -0.4 is 11.1 Å². The van der Waals surface area contributed by atoms with Crippen LogP contribution in [0.1, 0.15) is 43.7 Å². The molecule has 0 radical (unpaired) electrons. The number of rotatable bonds is 7. The van der Waals surface area contributed by atoms with Crippen LogP contribution in [-0.4, -0.2) is 38.7 Å². The van der Waals surface area contributed by atoms with E-state index in [-0.39, 0.29) is 23.0 Å². The van der Waals surface area contributed by atoms with Gasteiger partial charge < -0.3 is 4.90 Å². The molecule has 0 unspecified atom stereocenters. The smallest absolute Gasteiger partial charge is 0.270 e. The number of benzene rings is 1. The normalized spacial score (nSPS) is 19.1. The summed E-state index contributed by atoms with van der Waals surface area (Å²) in [5, 5.41) is 0. The van der Waals surface area contributed by atoms with E-state index in [0.717, 1.165) is 44.0 Å². The predicted molar refractivity (Wildman–Crippen MR) is 122 cm³/mol. The monoisotopic (exact) mass is 436 g/mol. The Morgan fingerprint density at radius 2 is 1.88 bits per heavy atom. The molecule has 1 aromatic carbocycles. The second-order valence-electron chi connectivity index (χ2n) is 9.23. The Morgan fingerprint density at radius 1 is 1.03 bits per heavy atom. The van der Waals surface area contributed by atoms with Crippen LogP contribution in [0.25, 0.3) is 11.2 Å². The van der Waals surface area contributed by atoms with E-state index in [1.54, 1.807) is 27.3 Å². The SMILES string of the molecule is O=c1ccc2ncc(=O)n3c2n1C[C@H]3CN1CCC(CCCCc2cccc(F)c2)CC1. The molecule has 1 atom stereocenters. The molecule has 168 valence electrons. The van der Waals surface area contributed by atoms with Crippen molar-refractivity contribution in [1.82, 2.24) is 19.0 Å². The number of nitrogens with zero attached hydrogens (tertiary/aromatic N) is 4. The van der Waals surface area contributed by atoms with Gasteiger partial charge in [0.25, 0.3) is 11.1 Å². The predicted octanol–water partition coefficient (Wildman–Crippen LogP) is 3.38. The van der Waals surface area contributed by atoms with Crippen molar-refractivity contribution in [2.45, 2.75) is 51.1 Å². The first-order chi connectivity index (χ1) is 15.6. The van der Waals surface area contributed by atoms with E-state index in [1.165, 1.54) is 44.0 Å². The first-order valence-corrected chi connectivity index (χ1v) is 11.7. The van der Waals surface area contributed by atoms with Crippen molar-refractivity contribution >= 4 is 11.2 Å². The molecule has 7 heteroatoms. The second kappa shape index (κ2) is 8.98. The summed E-state index contributed by atoms with van der Waals surface area (Å²) < 4.78 is 16.7. The van der Waals surface area contributed by atoms with Gasteiger partial charge in [0.2, 0.25) is 0 Å². The molecule has 5 rings (SSSR count). The average molecular weight is 437 g/mol. The topological polar surface area (TPSA) is 60.1 Å². The van der Waals surface area contributed by atoms with E-state index in [9.17, 15) is 14.0 Å². The molecule has 0 aliphatic carbocycles. The fourth-order valence-electron chi connectivity index (χ4n) is 5.37. The van der Waals surface area contributed by atoms with Gasteiger partial charge >= 0.3 is 0 Å². The number of pyridine rings is 1. The minimum atomic E-state index is -0.153. The summed E-state index contributed by atoms with van der Waals surface area (Å²) in [7, 11) is 0. The lowest BCUT2D eigenvalue weighted by molar-refractivity contribution is 0.155. The van der Waals surface area contributed by atoms with Gasteiger partial charge in [-0.05, 0) is 68.5 Å². The molecule has 32 heavy (non-hydrogen) atoms. The van der Waals surface area contributed by atoms with Gasteiger partial charge in [-0.2, -0.15) is 0 Å². The van der Waals surface area contributed by atoms with Gasteiger partial charge in [0.05, 0.1) is 12.2 Å². The molecule has 0 spiro atoms. The largest absolute Gasteiger partial charge is 0.301 e. The first-order valence-electron chi connectivity index (χ1n) is 11.7. The Hall–Kier alpha value is -2.80. The minimum Gasteiger partial charge on any atom is -0.301 e. The molecule has 1 saturated heterocycles. The number of hydrogen-bond donors (Lipinski definition) is 0. The Morgan fingerprint density at radius 3 is 2.69 bits per heavy atom. The number of aromatic nitrogens is 3. The number of unbranched alkanes of at least 4 members (excludes halogenated alkanes) is 1. The number of halogens is 1. The van der Waals surface area contributed by atoms with Gasteiger partial charge in [-0.15, -0.1) is 0 Å². The van der Waals surface area contributed by atoms with Crippen LogP contribution in [0, 0.1) is 11.7 Å². The highest BCUT2D eigenvalue weighted by Gasteiger charge is 2.29. The molecule has 1 fully saturated rings. The highest BCUT2D eigenvalue weighted by atomic mass is 19.1. The molecule has 0 bridgehead atoms. The minimum absolute atomic E-state index is 0.0223. The summed E-state index contributed by atoms with van der Waals surface area (Å²) in [6.45, 7) is 3.38. The lowest BCUT2D eigenvalue weighted by Gasteiger charge is -2.33. The first kappa shape index (κ1) is 21.1. The van der Waals surface area contributed by atoms with Crippen molar-refractivity contribution in [2.24, 2.45) is 5.92 Å². The van der Waals surface area contributed by atoms with Crippen molar-refractivity contribution in [1.29, 1.82) is 0 Å². The Kier molecular flexibility index (Phi) is 5.91. The summed E-state index contributed by atoms with van der Waals surface area (Å²) in [6, 6.07) is 10.1. The van der Waals surface area contributed by atoms with E-state index in [4.69, 9.17) is 0 Å². The van der Waals surface area contributed by atoms with E-state index in [1.807, 2.05) is 6.07 Å². The van der Waals surface area contributed by atoms with E-state index in [0.29, 0.717) is 17.7 Å². The summed E-state index contributed by atoms with van der Waals surface area (Å²) >= 11 is 0. The van der Waals surface area contributed by atoms with Crippen LogP contribution >= 0.6 is 0 Å². The maximum atomic E-state index is 13.3. The number of aryl methyl sites for hydroxylation is 1. The fraction of sp³-hybridized carbons (Fsp3) is 0.480. The maximum Gasteiger partial charge on any atom is 0.270 e. The molecule has 0 N–H and O–H groups in total. The third kappa shape index (κ3) is 4.26. The summed E-state index contributed by atoms with van der Waals surface area (Å²) in [5.41, 5.74) is 2.23. The summed E-state index contributed by atoms with van der Waals surface area (Å²) in [5.74, 6) is 0.581. The average Bonchev–Trinajstić information content (AvgIpc) is 3.18. The number of likely N-dealkylation sites (tertiary alicyclic amines) is 1. The lowest BCUT2D eigenvalue weighted by atomic mass is 9.90. The molecule has 2 aliphatic heterocycles. The molecular weight excluding hydrogens is 407 g/mol. The van der Waals surface area contributed by atoms with Gasteiger partial charge in [-0.25, -0.2) is 9.37 Å². The van der Waals surface area contributed by atoms with Gasteiger partial charge in [0.15, 0.2) is 0 Å². The summed E-state index contributed by atoms with van der Waals surface area (Å²) in [4.78, 5) is 31.5. The Balaban J connectivity index is 1.12. The van der Waals surface area contributed by atoms with Crippen molar-refractivity contribution in [2.75, 3.05) is 19.6 Å². The van der Waals surface area contributed by atoms with E-state index < -0.39 is 0 Å². The van der Waals surface area contributed by atoms with Gasteiger partial charge in [0.1, 0.15) is 17.0 Å². The third-order valence-electron chi connectivity index (χ3n) is 7.07.